The molecule has 0 unspecified atom stereocenters. The fourth-order valence-electron chi connectivity index (χ4n) is 2.19. The molecule has 0 radical (unpaired) electrons. The minimum atomic E-state index is -0.261. The number of benzene rings is 1. The summed E-state index contributed by atoms with van der Waals surface area (Å²) in [6.45, 7) is 0. The second kappa shape index (κ2) is 3.88. The van der Waals surface area contributed by atoms with Crippen LogP contribution in [0.25, 0.3) is 11.0 Å². The van der Waals surface area contributed by atoms with Crippen molar-refractivity contribution in [3.8, 4) is 0 Å². The van der Waals surface area contributed by atoms with Crippen LogP contribution in [0.1, 0.15) is 19.3 Å². The third-order valence-corrected chi connectivity index (χ3v) is 3.91. The maximum Gasteiger partial charge on any atom is 0.201 e. The van der Waals surface area contributed by atoms with Gasteiger partial charge in [0.25, 0.3) is 0 Å². The van der Waals surface area contributed by atoms with Gasteiger partial charge in [0.1, 0.15) is 5.82 Å². The van der Waals surface area contributed by atoms with Crippen molar-refractivity contribution in [1.82, 2.24) is 9.97 Å². The Morgan fingerprint density at radius 2 is 2.29 bits per heavy atom. The van der Waals surface area contributed by atoms with Gasteiger partial charge in [-0.15, -0.1) is 11.6 Å². The Morgan fingerprint density at radius 3 is 2.94 bits per heavy atom. The van der Waals surface area contributed by atoms with Crippen molar-refractivity contribution in [2.75, 3.05) is 11.2 Å². The SMILES string of the molecule is Fc1ccc2nc(NC3(CCl)CCC3)[nH]c2c1. The lowest BCUT2D eigenvalue weighted by Gasteiger charge is -2.40. The molecule has 3 rings (SSSR count). The molecule has 0 saturated heterocycles. The number of aromatic nitrogens is 2. The normalized spacial score (nSPS) is 18.0. The van der Waals surface area contributed by atoms with Crippen LogP contribution in [0, 0.1) is 5.82 Å². The van der Waals surface area contributed by atoms with E-state index in [1.165, 1.54) is 18.6 Å². The van der Waals surface area contributed by atoms with Gasteiger partial charge < -0.3 is 10.3 Å². The number of nitrogens with zero attached hydrogens (tertiary/aromatic N) is 1. The molecule has 1 aliphatic carbocycles. The number of hydrogen-bond donors (Lipinski definition) is 2. The van der Waals surface area contributed by atoms with E-state index in [-0.39, 0.29) is 11.4 Å². The van der Waals surface area contributed by atoms with Crippen molar-refractivity contribution < 1.29 is 4.39 Å². The van der Waals surface area contributed by atoms with Crippen LogP contribution in [-0.2, 0) is 0 Å². The highest BCUT2D eigenvalue weighted by Gasteiger charge is 2.36. The van der Waals surface area contributed by atoms with E-state index in [1.54, 1.807) is 6.07 Å². The number of halogens is 2. The fraction of sp³-hybridized carbons (Fsp3) is 0.417. The first-order chi connectivity index (χ1) is 8.21. The third-order valence-electron chi connectivity index (χ3n) is 3.39. The average Bonchev–Trinajstić information content (AvgIpc) is 2.65. The number of H-pyrrole nitrogens is 1. The first-order valence-corrected chi connectivity index (χ1v) is 6.24. The van der Waals surface area contributed by atoms with E-state index in [9.17, 15) is 4.39 Å². The lowest BCUT2D eigenvalue weighted by molar-refractivity contribution is 0.309. The quantitative estimate of drug-likeness (QED) is 0.825. The third kappa shape index (κ3) is 1.86. The molecule has 5 heteroatoms. The van der Waals surface area contributed by atoms with Crippen molar-refractivity contribution in [3.63, 3.8) is 0 Å². The molecule has 0 bridgehead atoms. The van der Waals surface area contributed by atoms with Crippen LogP contribution < -0.4 is 5.32 Å². The van der Waals surface area contributed by atoms with E-state index in [2.05, 4.69) is 15.3 Å². The van der Waals surface area contributed by atoms with E-state index in [1.807, 2.05) is 0 Å². The lowest BCUT2D eigenvalue weighted by atomic mass is 9.78. The summed E-state index contributed by atoms with van der Waals surface area (Å²) < 4.78 is 13.0. The summed E-state index contributed by atoms with van der Waals surface area (Å²) in [7, 11) is 0. The summed E-state index contributed by atoms with van der Waals surface area (Å²) in [6.07, 6.45) is 3.30. The van der Waals surface area contributed by atoms with Gasteiger partial charge in [0.05, 0.1) is 16.6 Å². The molecule has 90 valence electrons. The Hall–Kier alpha value is -1.29. The van der Waals surface area contributed by atoms with E-state index in [0.717, 1.165) is 18.4 Å². The molecule has 2 aromatic rings. The fourth-order valence-corrected chi connectivity index (χ4v) is 2.52. The molecule has 1 aromatic carbocycles. The van der Waals surface area contributed by atoms with Crippen LogP contribution >= 0.6 is 11.6 Å². The molecule has 1 aromatic heterocycles. The van der Waals surface area contributed by atoms with E-state index in [0.29, 0.717) is 17.3 Å². The van der Waals surface area contributed by atoms with Gasteiger partial charge in [0.2, 0.25) is 5.95 Å². The molecule has 1 heterocycles. The number of hydrogen-bond acceptors (Lipinski definition) is 2. The number of aromatic amines is 1. The number of imidazole rings is 1. The minimum Gasteiger partial charge on any atom is -0.349 e. The van der Waals surface area contributed by atoms with Crippen molar-refractivity contribution in [1.29, 1.82) is 0 Å². The van der Waals surface area contributed by atoms with E-state index < -0.39 is 0 Å². The van der Waals surface area contributed by atoms with Gasteiger partial charge >= 0.3 is 0 Å². The maximum atomic E-state index is 13.0. The zero-order chi connectivity index (χ0) is 11.9. The molecule has 3 nitrogen and oxygen atoms in total. The van der Waals surface area contributed by atoms with Crippen LogP contribution in [0.15, 0.2) is 18.2 Å². The zero-order valence-electron chi connectivity index (χ0n) is 9.26. The first-order valence-electron chi connectivity index (χ1n) is 5.70. The van der Waals surface area contributed by atoms with Gasteiger partial charge in [0.15, 0.2) is 0 Å². The number of nitrogens with one attached hydrogen (secondary N) is 2. The predicted molar refractivity (Wildman–Crippen MR) is 67.0 cm³/mol. The smallest absolute Gasteiger partial charge is 0.201 e. The molecule has 1 fully saturated rings. The Morgan fingerprint density at radius 1 is 1.47 bits per heavy atom. The lowest BCUT2D eigenvalue weighted by Crippen LogP contribution is -2.47. The standard InChI is InChI=1S/C12H13ClFN3/c13-7-12(4-1-5-12)17-11-15-9-3-2-8(14)6-10(9)16-11/h2-3,6H,1,4-5,7H2,(H2,15,16,17). The number of alkyl halides is 1. The predicted octanol–water partition coefficient (Wildman–Crippen LogP) is 3.28. The summed E-state index contributed by atoms with van der Waals surface area (Å²) in [6, 6.07) is 4.52. The molecular weight excluding hydrogens is 241 g/mol. The molecule has 0 atom stereocenters. The summed E-state index contributed by atoms with van der Waals surface area (Å²) >= 11 is 5.97. The summed E-state index contributed by atoms with van der Waals surface area (Å²) in [5.41, 5.74) is 1.43. The average molecular weight is 254 g/mol. The van der Waals surface area contributed by atoms with Crippen LogP contribution in [0.4, 0.5) is 10.3 Å². The highest BCUT2D eigenvalue weighted by atomic mass is 35.5. The maximum absolute atomic E-state index is 13.0. The largest absolute Gasteiger partial charge is 0.349 e. The molecule has 17 heavy (non-hydrogen) atoms. The molecule has 0 aliphatic heterocycles. The summed E-state index contributed by atoms with van der Waals surface area (Å²) in [4.78, 5) is 7.45. The first kappa shape index (κ1) is 10.8. The minimum absolute atomic E-state index is 0.0338. The Balaban J connectivity index is 1.90. The van der Waals surface area contributed by atoms with Crippen molar-refractivity contribution in [3.05, 3.63) is 24.0 Å². The second-order valence-electron chi connectivity index (χ2n) is 4.64. The monoisotopic (exact) mass is 253 g/mol. The van der Waals surface area contributed by atoms with Crippen LogP contribution in [0.2, 0.25) is 0 Å². The molecule has 0 spiro atoms. The van der Waals surface area contributed by atoms with Gasteiger partial charge in [-0.3, -0.25) is 0 Å². The topological polar surface area (TPSA) is 40.7 Å². The second-order valence-corrected chi connectivity index (χ2v) is 4.91. The van der Waals surface area contributed by atoms with Crippen molar-refractivity contribution >= 4 is 28.6 Å². The van der Waals surface area contributed by atoms with Gasteiger partial charge in [0, 0.05) is 5.88 Å². The van der Waals surface area contributed by atoms with Crippen LogP contribution in [-0.4, -0.2) is 21.4 Å². The Labute approximate surface area is 103 Å². The van der Waals surface area contributed by atoms with Crippen molar-refractivity contribution in [2.24, 2.45) is 0 Å². The molecule has 0 amide bonds. The highest BCUT2D eigenvalue weighted by Crippen LogP contribution is 2.35. The van der Waals surface area contributed by atoms with Gasteiger partial charge in [-0.1, -0.05) is 0 Å². The summed E-state index contributed by atoms with van der Waals surface area (Å²) in [5, 5.41) is 3.33. The number of rotatable bonds is 3. The van der Waals surface area contributed by atoms with Gasteiger partial charge in [-0.2, -0.15) is 0 Å². The Bertz CT molecular complexity index is 542. The Kier molecular flexibility index (Phi) is 2.47. The van der Waals surface area contributed by atoms with Crippen molar-refractivity contribution in [2.45, 2.75) is 24.8 Å². The van der Waals surface area contributed by atoms with E-state index >= 15 is 0 Å². The molecular formula is C12H13ClFN3. The molecule has 2 N–H and O–H groups in total. The van der Waals surface area contributed by atoms with Gasteiger partial charge in [-0.25, -0.2) is 9.37 Å². The van der Waals surface area contributed by atoms with Gasteiger partial charge in [-0.05, 0) is 37.5 Å². The van der Waals surface area contributed by atoms with Crippen LogP contribution in [0.3, 0.4) is 0 Å². The zero-order valence-corrected chi connectivity index (χ0v) is 10.0. The number of fused-ring (bicyclic) bond motifs is 1. The highest BCUT2D eigenvalue weighted by molar-refractivity contribution is 6.19. The van der Waals surface area contributed by atoms with E-state index in [4.69, 9.17) is 11.6 Å². The van der Waals surface area contributed by atoms with Crippen LogP contribution in [0.5, 0.6) is 0 Å². The summed E-state index contributed by atoms with van der Waals surface area (Å²) in [5.74, 6) is 0.979. The molecule has 1 saturated carbocycles. The number of anilines is 1. The molecule has 1 aliphatic rings.